The van der Waals surface area contributed by atoms with Crippen molar-refractivity contribution >= 4 is 0 Å². The normalized spacial score (nSPS) is 13.2. The SMILES string of the molecule is COC(C=C(Cc1ccccc1)Cc1ccccc1)=C1CCC1. The Kier molecular flexibility index (Phi) is 5.31. The Morgan fingerprint density at radius 3 is 1.78 bits per heavy atom. The first-order chi connectivity index (χ1) is 11.3. The Morgan fingerprint density at radius 2 is 1.39 bits per heavy atom. The fraction of sp³-hybridized carbons (Fsp3) is 0.273. The standard InChI is InChI=1S/C22H24O/c1-23-22(21-13-8-14-21)17-20(15-18-9-4-2-5-10-18)16-19-11-6-3-7-12-19/h2-7,9-12,17H,8,13-16H2,1H3. The first-order valence-corrected chi connectivity index (χ1v) is 8.38. The van der Waals surface area contributed by atoms with E-state index in [0.29, 0.717) is 0 Å². The monoisotopic (exact) mass is 304 g/mol. The number of hydrogen-bond donors (Lipinski definition) is 0. The largest absolute Gasteiger partial charge is 0.497 e. The molecule has 0 saturated heterocycles. The highest BCUT2D eigenvalue weighted by molar-refractivity contribution is 5.34. The van der Waals surface area contributed by atoms with Crippen LogP contribution in [0.25, 0.3) is 0 Å². The lowest BCUT2D eigenvalue weighted by atomic mass is 9.89. The van der Waals surface area contributed by atoms with E-state index in [4.69, 9.17) is 4.74 Å². The Hall–Kier alpha value is -2.28. The fourth-order valence-corrected chi connectivity index (χ4v) is 2.97. The summed E-state index contributed by atoms with van der Waals surface area (Å²) in [6.07, 6.45) is 7.87. The Labute approximate surface area is 139 Å². The second-order valence-corrected chi connectivity index (χ2v) is 6.15. The minimum Gasteiger partial charge on any atom is -0.497 e. The van der Waals surface area contributed by atoms with Crippen molar-refractivity contribution in [3.05, 3.63) is 94.8 Å². The summed E-state index contributed by atoms with van der Waals surface area (Å²) in [6.45, 7) is 0. The molecule has 1 saturated carbocycles. The molecule has 0 unspecified atom stereocenters. The summed E-state index contributed by atoms with van der Waals surface area (Å²) in [7, 11) is 1.79. The van der Waals surface area contributed by atoms with Crippen LogP contribution in [0.3, 0.4) is 0 Å². The summed E-state index contributed by atoms with van der Waals surface area (Å²) in [4.78, 5) is 0. The molecule has 1 nitrogen and oxygen atoms in total. The molecule has 0 amide bonds. The highest BCUT2D eigenvalue weighted by Gasteiger charge is 2.14. The molecule has 0 bridgehead atoms. The first-order valence-electron chi connectivity index (χ1n) is 8.38. The third-order valence-electron chi connectivity index (χ3n) is 4.41. The van der Waals surface area contributed by atoms with Crippen LogP contribution >= 0.6 is 0 Å². The van der Waals surface area contributed by atoms with Crippen LogP contribution in [0.2, 0.25) is 0 Å². The van der Waals surface area contributed by atoms with E-state index in [1.54, 1.807) is 7.11 Å². The van der Waals surface area contributed by atoms with Gasteiger partial charge in [0, 0.05) is 0 Å². The Bertz CT molecular complexity index is 631. The molecule has 2 aromatic carbocycles. The van der Waals surface area contributed by atoms with Crippen LogP contribution in [0, 0.1) is 0 Å². The molecule has 0 radical (unpaired) electrons. The molecule has 1 heteroatoms. The maximum absolute atomic E-state index is 5.66. The minimum absolute atomic E-state index is 0.968. The van der Waals surface area contributed by atoms with Crippen molar-refractivity contribution in [2.24, 2.45) is 0 Å². The van der Waals surface area contributed by atoms with Gasteiger partial charge < -0.3 is 4.74 Å². The Morgan fingerprint density at radius 1 is 0.870 bits per heavy atom. The third kappa shape index (κ3) is 4.35. The lowest BCUT2D eigenvalue weighted by Crippen LogP contribution is -2.04. The quantitative estimate of drug-likeness (QED) is 0.642. The van der Waals surface area contributed by atoms with Gasteiger partial charge in [-0.1, -0.05) is 66.2 Å². The van der Waals surface area contributed by atoms with Crippen molar-refractivity contribution in [3.8, 4) is 0 Å². The van der Waals surface area contributed by atoms with Crippen LogP contribution in [-0.4, -0.2) is 7.11 Å². The molecule has 0 N–H and O–H groups in total. The molecule has 3 rings (SSSR count). The average molecular weight is 304 g/mol. The van der Waals surface area contributed by atoms with Crippen LogP contribution in [-0.2, 0) is 17.6 Å². The zero-order valence-electron chi connectivity index (χ0n) is 13.8. The van der Waals surface area contributed by atoms with E-state index in [-0.39, 0.29) is 0 Å². The lowest BCUT2D eigenvalue weighted by Gasteiger charge is -2.20. The number of benzene rings is 2. The molecular formula is C22H24O. The predicted molar refractivity (Wildman–Crippen MR) is 96.3 cm³/mol. The van der Waals surface area contributed by atoms with Crippen molar-refractivity contribution in [1.29, 1.82) is 0 Å². The van der Waals surface area contributed by atoms with E-state index in [0.717, 1.165) is 18.6 Å². The van der Waals surface area contributed by atoms with Gasteiger partial charge in [0.2, 0.25) is 0 Å². The van der Waals surface area contributed by atoms with Crippen LogP contribution in [0.15, 0.2) is 83.6 Å². The van der Waals surface area contributed by atoms with Gasteiger partial charge in [-0.2, -0.15) is 0 Å². The number of rotatable bonds is 6. The summed E-state index contributed by atoms with van der Waals surface area (Å²) in [5, 5.41) is 0. The van der Waals surface area contributed by atoms with Gasteiger partial charge in [0.05, 0.1) is 7.11 Å². The van der Waals surface area contributed by atoms with Crippen LogP contribution < -0.4 is 0 Å². The molecule has 118 valence electrons. The minimum atomic E-state index is 0.968. The van der Waals surface area contributed by atoms with Gasteiger partial charge in [0.1, 0.15) is 5.76 Å². The zero-order valence-corrected chi connectivity index (χ0v) is 13.8. The second-order valence-electron chi connectivity index (χ2n) is 6.15. The summed E-state index contributed by atoms with van der Waals surface area (Å²) in [5.41, 5.74) is 5.57. The second kappa shape index (κ2) is 7.82. The smallest absolute Gasteiger partial charge is 0.118 e. The molecule has 23 heavy (non-hydrogen) atoms. The first kappa shape index (κ1) is 15.6. The predicted octanol–water partition coefficient (Wildman–Crippen LogP) is 5.48. The highest BCUT2D eigenvalue weighted by atomic mass is 16.5. The molecule has 0 spiro atoms. The molecular weight excluding hydrogens is 280 g/mol. The van der Waals surface area contributed by atoms with Crippen molar-refractivity contribution in [2.45, 2.75) is 32.1 Å². The zero-order chi connectivity index (χ0) is 15.9. The van der Waals surface area contributed by atoms with Crippen molar-refractivity contribution < 1.29 is 4.74 Å². The van der Waals surface area contributed by atoms with E-state index in [9.17, 15) is 0 Å². The number of allylic oxidation sites excluding steroid dienone is 3. The van der Waals surface area contributed by atoms with Gasteiger partial charge in [-0.25, -0.2) is 0 Å². The van der Waals surface area contributed by atoms with Crippen LogP contribution in [0.4, 0.5) is 0 Å². The molecule has 0 heterocycles. The molecule has 1 aliphatic rings. The fourth-order valence-electron chi connectivity index (χ4n) is 2.97. The van der Waals surface area contributed by atoms with Gasteiger partial charge in [-0.15, -0.1) is 0 Å². The summed E-state index contributed by atoms with van der Waals surface area (Å²) in [6, 6.07) is 21.4. The van der Waals surface area contributed by atoms with Gasteiger partial charge >= 0.3 is 0 Å². The molecule has 0 atom stereocenters. The maximum Gasteiger partial charge on any atom is 0.118 e. The average Bonchev–Trinajstić information content (AvgIpc) is 2.54. The molecule has 1 aliphatic carbocycles. The van der Waals surface area contributed by atoms with Crippen LogP contribution in [0.5, 0.6) is 0 Å². The van der Waals surface area contributed by atoms with Crippen molar-refractivity contribution in [2.75, 3.05) is 7.11 Å². The summed E-state index contributed by atoms with van der Waals surface area (Å²) < 4.78 is 5.66. The van der Waals surface area contributed by atoms with Crippen LogP contribution in [0.1, 0.15) is 30.4 Å². The van der Waals surface area contributed by atoms with Crippen molar-refractivity contribution in [1.82, 2.24) is 0 Å². The summed E-state index contributed by atoms with van der Waals surface area (Å²) >= 11 is 0. The van der Waals surface area contributed by atoms with Gasteiger partial charge in [0.25, 0.3) is 0 Å². The third-order valence-corrected chi connectivity index (χ3v) is 4.41. The van der Waals surface area contributed by atoms with Gasteiger partial charge in [0.15, 0.2) is 0 Å². The molecule has 2 aromatic rings. The Balaban J connectivity index is 1.86. The maximum atomic E-state index is 5.66. The van der Waals surface area contributed by atoms with E-state index < -0.39 is 0 Å². The van der Waals surface area contributed by atoms with E-state index in [1.165, 1.54) is 41.5 Å². The van der Waals surface area contributed by atoms with Crippen molar-refractivity contribution in [3.63, 3.8) is 0 Å². The van der Waals surface area contributed by atoms with E-state index in [1.807, 2.05) is 0 Å². The number of ether oxygens (including phenoxy) is 1. The van der Waals surface area contributed by atoms with E-state index in [2.05, 4.69) is 66.7 Å². The molecule has 1 fully saturated rings. The van der Waals surface area contributed by atoms with Gasteiger partial charge in [-0.3, -0.25) is 0 Å². The molecule has 0 aromatic heterocycles. The summed E-state index contributed by atoms with van der Waals surface area (Å²) in [5.74, 6) is 1.08. The highest BCUT2D eigenvalue weighted by Crippen LogP contribution is 2.30. The topological polar surface area (TPSA) is 9.23 Å². The molecule has 0 aliphatic heterocycles. The van der Waals surface area contributed by atoms with Gasteiger partial charge in [-0.05, 0) is 54.9 Å². The number of methoxy groups -OCH3 is 1. The number of hydrogen-bond acceptors (Lipinski definition) is 1. The van der Waals surface area contributed by atoms with E-state index >= 15 is 0 Å². The lowest BCUT2D eigenvalue weighted by molar-refractivity contribution is 0.293.